The molecular weight excluding hydrogens is 207 g/mol. The number of halogens is 1. The Morgan fingerprint density at radius 1 is 1.15 bits per heavy atom. The van der Waals surface area contributed by atoms with Gasteiger partial charge in [0.25, 0.3) is 6.72 Å². The molecular formula is C9H20ClO2P. The van der Waals surface area contributed by atoms with Gasteiger partial charge in [0.15, 0.2) is 0 Å². The molecule has 2 nitrogen and oxygen atoms in total. The van der Waals surface area contributed by atoms with E-state index < -0.39 is 6.72 Å². The summed E-state index contributed by atoms with van der Waals surface area (Å²) in [5.41, 5.74) is 0. The van der Waals surface area contributed by atoms with Crippen LogP contribution in [0.1, 0.15) is 45.4 Å². The lowest BCUT2D eigenvalue weighted by Crippen LogP contribution is -1.89. The molecule has 80 valence electrons. The Balaban J connectivity index is 3.04. The molecule has 0 heterocycles. The van der Waals surface area contributed by atoms with E-state index in [9.17, 15) is 4.57 Å². The fourth-order valence-electron chi connectivity index (χ4n) is 1.11. The van der Waals surface area contributed by atoms with Crippen molar-refractivity contribution in [1.29, 1.82) is 0 Å². The molecule has 0 aliphatic carbocycles. The van der Waals surface area contributed by atoms with E-state index in [0.717, 1.165) is 12.8 Å². The van der Waals surface area contributed by atoms with Crippen molar-refractivity contribution < 1.29 is 9.09 Å². The SMILES string of the molecule is CCCCCCCCOP(C)(=O)Cl. The minimum absolute atomic E-state index is 0.531. The highest BCUT2D eigenvalue weighted by Gasteiger charge is 2.08. The van der Waals surface area contributed by atoms with E-state index in [2.05, 4.69) is 6.92 Å². The van der Waals surface area contributed by atoms with Crippen LogP contribution in [0.4, 0.5) is 0 Å². The molecule has 1 atom stereocenters. The highest BCUT2D eigenvalue weighted by atomic mass is 35.7. The zero-order valence-electron chi connectivity index (χ0n) is 8.59. The second kappa shape index (κ2) is 7.84. The number of unbranched alkanes of at least 4 members (excludes halogenated alkanes) is 5. The zero-order chi connectivity index (χ0) is 10.2. The first-order valence-corrected chi connectivity index (χ1v) is 7.95. The Hall–Kier alpha value is 0.480. The highest BCUT2D eigenvalue weighted by molar-refractivity contribution is 7.84. The fourth-order valence-corrected chi connectivity index (χ4v) is 1.77. The summed E-state index contributed by atoms with van der Waals surface area (Å²) in [4.78, 5) is 0. The summed E-state index contributed by atoms with van der Waals surface area (Å²) in [7, 11) is 0. The predicted molar refractivity (Wildman–Crippen MR) is 58.7 cm³/mol. The molecule has 0 aromatic carbocycles. The van der Waals surface area contributed by atoms with Gasteiger partial charge in [-0.3, -0.25) is 4.57 Å². The monoisotopic (exact) mass is 226 g/mol. The van der Waals surface area contributed by atoms with Gasteiger partial charge in [-0.2, -0.15) is 0 Å². The molecule has 0 spiro atoms. The molecule has 0 saturated heterocycles. The van der Waals surface area contributed by atoms with Crippen LogP contribution in [0.2, 0.25) is 0 Å². The van der Waals surface area contributed by atoms with Crippen molar-refractivity contribution in [2.45, 2.75) is 45.4 Å². The topological polar surface area (TPSA) is 26.3 Å². The van der Waals surface area contributed by atoms with Gasteiger partial charge in [0.2, 0.25) is 0 Å². The van der Waals surface area contributed by atoms with Gasteiger partial charge in [-0.05, 0) is 17.7 Å². The van der Waals surface area contributed by atoms with Crippen LogP contribution in [-0.4, -0.2) is 13.3 Å². The van der Waals surface area contributed by atoms with E-state index in [1.54, 1.807) is 0 Å². The summed E-state index contributed by atoms with van der Waals surface area (Å²) in [6.07, 6.45) is 7.23. The summed E-state index contributed by atoms with van der Waals surface area (Å²) in [6.45, 7) is 1.41. The van der Waals surface area contributed by atoms with Gasteiger partial charge in [0.1, 0.15) is 0 Å². The Bertz CT molecular complexity index is 156. The van der Waals surface area contributed by atoms with Crippen molar-refractivity contribution in [2.75, 3.05) is 13.3 Å². The Morgan fingerprint density at radius 2 is 1.69 bits per heavy atom. The molecule has 0 aliphatic heterocycles. The maximum atomic E-state index is 10.9. The fraction of sp³-hybridized carbons (Fsp3) is 1.00. The third-order valence-corrected chi connectivity index (χ3v) is 2.76. The molecule has 0 amide bonds. The molecule has 0 bridgehead atoms. The lowest BCUT2D eigenvalue weighted by atomic mass is 10.1. The van der Waals surface area contributed by atoms with Crippen LogP contribution < -0.4 is 0 Å². The van der Waals surface area contributed by atoms with Crippen molar-refractivity contribution in [3.05, 3.63) is 0 Å². The normalized spacial score (nSPS) is 15.6. The summed E-state index contributed by atoms with van der Waals surface area (Å²) >= 11 is 5.43. The van der Waals surface area contributed by atoms with Gasteiger partial charge in [-0.25, -0.2) is 0 Å². The average Bonchev–Trinajstić information content (AvgIpc) is 2.01. The third kappa shape index (κ3) is 12.5. The van der Waals surface area contributed by atoms with Crippen molar-refractivity contribution in [1.82, 2.24) is 0 Å². The largest absolute Gasteiger partial charge is 0.318 e. The van der Waals surface area contributed by atoms with Gasteiger partial charge in [0.05, 0.1) is 6.61 Å². The van der Waals surface area contributed by atoms with Crippen molar-refractivity contribution >= 4 is 18.0 Å². The van der Waals surface area contributed by atoms with Crippen molar-refractivity contribution in [2.24, 2.45) is 0 Å². The number of hydrogen-bond acceptors (Lipinski definition) is 2. The van der Waals surface area contributed by atoms with Crippen LogP contribution in [0.15, 0.2) is 0 Å². The quantitative estimate of drug-likeness (QED) is 0.452. The molecule has 4 heteroatoms. The predicted octanol–water partition coefficient (Wildman–Crippen LogP) is 4.43. The molecule has 0 N–H and O–H groups in total. The first kappa shape index (κ1) is 13.5. The zero-order valence-corrected chi connectivity index (χ0v) is 10.2. The van der Waals surface area contributed by atoms with Crippen molar-refractivity contribution in [3.63, 3.8) is 0 Å². The number of rotatable bonds is 8. The van der Waals surface area contributed by atoms with Gasteiger partial charge in [-0.15, -0.1) is 0 Å². The molecule has 0 rings (SSSR count). The van der Waals surface area contributed by atoms with Gasteiger partial charge in [-0.1, -0.05) is 39.0 Å². The summed E-state index contributed by atoms with van der Waals surface area (Å²) < 4.78 is 15.8. The molecule has 0 fully saturated rings. The standard InChI is InChI=1S/C9H20ClO2P/c1-3-4-5-6-7-8-9-12-13(2,10)11/h3-9H2,1-2H3. The van der Waals surface area contributed by atoms with Crippen LogP contribution >= 0.6 is 18.0 Å². The van der Waals surface area contributed by atoms with E-state index in [1.807, 2.05) is 0 Å². The summed E-state index contributed by atoms with van der Waals surface area (Å²) in [5.74, 6) is 0. The highest BCUT2D eigenvalue weighted by Crippen LogP contribution is 2.48. The van der Waals surface area contributed by atoms with Crippen LogP contribution in [0.3, 0.4) is 0 Å². The Morgan fingerprint density at radius 3 is 2.23 bits per heavy atom. The molecule has 0 saturated carbocycles. The molecule has 0 aromatic heterocycles. The van der Waals surface area contributed by atoms with Crippen molar-refractivity contribution in [3.8, 4) is 0 Å². The minimum atomic E-state index is -2.75. The minimum Gasteiger partial charge on any atom is -0.318 e. The van der Waals surface area contributed by atoms with E-state index in [0.29, 0.717) is 6.61 Å². The van der Waals surface area contributed by atoms with Gasteiger partial charge >= 0.3 is 0 Å². The summed E-state index contributed by atoms with van der Waals surface area (Å²) in [6, 6.07) is 0. The van der Waals surface area contributed by atoms with Crippen LogP contribution in [0.25, 0.3) is 0 Å². The molecule has 1 unspecified atom stereocenters. The lowest BCUT2D eigenvalue weighted by Gasteiger charge is -2.05. The van der Waals surface area contributed by atoms with E-state index in [4.69, 9.17) is 15.8 Å². The number of hydrogen-bond donors (Lipinski definition) is 0. The van der Waals surface area contributed by atoms with E-state index in [-0.39, 0.29) is 0 Å². The van der Waals surface area contributed by atoms with E-state index >= 15 is 0 Å². The maximum absolute atomic E-state index is 10.9. The van der Waals surface area contributed by atoms with Crippen LogP contribution in [-0.2, 0) is 9.09 Å². The molecule has 0 radical (unpaired) electrons. The van der Waals surface area contributed by atoms with E-state index in [1.165, 1.54) is 32.3 Å². The molecule has 0 aromatic rings. The molecule has 0 aliphatic rings. The third-order valence-electron chi connectivity index (χ3n) is 1.82. The van der Waals surface area contributed by atoms with Crippen LogP contribution in [0.5, 0.6) is 0 Å². The lowest BCUT2D eigenvalue weighted by molar-refractivity contribution is 0.314. The van der Waals surface area contributed by atoms with Gasteiger partial charge < -0.3 is 4.52 Å². The molecule has 13 heavy (non-hydrogen) atoms. The Labute approximate surface area is 86.2 Å². The second-order valence-corrected chi connectivity index (χ2v) is 6.94. The summed E-state index contributed by atoms with van der Waals surface area (Å²) in [5, 5.41) is 0. The second-order valence-electron chi connectivity index (χ2n) is 3.35. The van der Waals surface area contributed by atoms with Crippen LogP contribution in [0, 0.1) is 0 Å². The Kier molecular flexibility index (Phi) is 8.13. The maximum Gasteiger partial charge on any atom is 0.287 e. The average molecular weight is 227 g/mol. The van der Waals surface area contributed by atoms with Gasteiger partial charge in [0, 0.05) is 6.66 Å². The first-order valence-electron chi connectivity index (χ1n) is 4.98. The smallest absolute Gasteiger partial charge is 0.287 e. The first-order chi connectivity index (χ1) is 6.06.